The molecule has 2 rings (SSSR count). The van der Waals surface area contributed by atoms with Crippen molar-refractivity contribution in [1.82, 2.24) is 10.2 Å². The highest BCUT2D eigenvalue weighted by Gasteiger charge is 2.41. The van der Waals surface area contributed by atoms with Crippen molar-refractivity contribution in [3.63, 3.8) is 0 Å². The van der Waals surface area contributed by atoms with Gasteiger partial charge in [-0.05, 0) is 31.7 Å². The van der Waals surface area contributed by atoms with E-state index in [2.05, 4.69) is 5.32 Å². The SMILES string of the molecule is CCCCC(NC(=O)OCc1ccccc1)P(=O)(O)OC(C)C(=O)N1CCC[C@H]1C(=O)O. The minimum absolute atomic E-state index is 0.00974. The summed E-state index contributed by atoms with van der Waals surface area (Å²) in [5.41, 5.74) is 0.758. The summed E-state index contributed by atoms with van der Waals surface area (Å²) in [4.78, 5) is 47.9. The zero-order chi connectivity index (χ0) is 23.7. The molecule has 0 bridgehead atoms. The predicted octanol–water partition coefficient (Wildman–Crippen LogP) is 3.10. The second-order valence-corrected chi connectivity index (χ2v) is 9.67. The average Bonchev–Trinajstić information content (AvgIpc) is 3.25. The Bertz CT molecular complexity index is 834. The van der Waals surface area contributed by atoms with Crippen LogP contribution in [0, 0.1) is 0 Å². The molecule has 4 atom stereocenters. The number of likely N-dealkylation sites (tertiary alicyclic amines) is 1. The maximum Gasteiger partial charge on any atom is 0.408 e. The Kier molecular flexibility index (Phi) is 9.68. The van der Waals surface area contributed by atoms with E-state index in [1.807, 2.05) is 13.0 Å². The molecule has 10 nitrogen and oxygen atoms in total. The number of unbranched alkanes of at least 4 members (excludes halogenated alkanes) is 1. The third-order valence-electron chi connectivity index (χ3n) is 5.20. The van der Waals surface area contributed by atoms with Gasteiger partial charge >= 0.3 is 19.7 Å². The van der Waals surface area contributed by atoms with Gasteiger partial charge in [0.25, 0.3) is 5.91 Å². The Balaban J connectivity index is 2.01. The van der Waals surface area contributed by atoms with Crippen LogP contribution in [0.5, 0.6) is 0 Å². The van der Waals surface area contributed by atoms with Crippen molar-refractivity contribution in [3.8, 4) is 0 Å². The molecular weight excluding hydrogens is 439 g/mol. The highest BCUT2D eigenvalue weighted by Crippen LogP contribution is 2.49. The Morgan fingerprint density at radius 3 is 2.59 bits per heavy atom. The number of ether oxygens (including phenoxy) is 1. The number of nitrogens with zero attached hydrogens (tertiary/aromatic N) is 1. The van der Waals surface area contributed by atoms with Crippen LogP contribution in [0.3, 0.4) is 0 Å². The standard InChI is InChI=1S/C21H31N2O8P/c1-3-4-12-18(22-21(27)30-14-16-9-6-5-7-10-16)32(28,29)31-15(2)19(24)23-13-8-11-17(23)20(25)26/h5-7,9-10,15,17-18H,3-4,8,11-14H2,1-2H3,(H,22,27)(H,25,26)(H,28,29)/t15?,17-,18?/m0/s1. The van der Waals surface area contributed by atoms with E-state index < -0.39 is 43.5 Å². The summed E-state index contributed by atoms with van der Waals surface area (Å²) in [5.74, 6) is -3.07. The highest BCUT2D eigenvalue weighted by atomic mass is 31.2. The molecule has 1 aromatic carbocycles. The molecule has 0 radical (unpaired) electrons. The number of rotatable bonds is 11. The molecule has 2 amide bonds. The fraction of sp³-hybridized carbons (Fsp3) is 0.571. The molecule has 11 heteroatoms. The van der Waals surface area contributed by atoms with Crippen LogP contribution in [0.15, 0.2) is 30.3 Å². The van der Waals surface area contributed by atoms with Crippen molar-refractivity contribution in [2.75, 3.05) is 6.54 Å². The third-order valence-corrected chi connectivity index (χ3v) is 6.99. The molecule has 0 aromatic heterocycles. The first kappa shape index (κ1) is 25.8. The Morgan fingerprint density at radius 2 is 1.97 bits per heavy atom. The molecule has 1 saturated heterocycles. The third kappa shape index (κ3) is 7.32. The van der Waals surface area contributed by atoms with Crippen molar-refractivity contribution in [2.24, 2.45) is 0 Å². The lowest BCUT2D eigenvalue weighted by molar-refractivity contribution is -0.151. The molecule has 1 heterocycles. The van der Waals surface area contributed by atoms with Crippen molar-refractivity contribution < 1.29 is 38.2 Å². The summed E-state index contributed by atoms with van der Waals surface area (Å²) < 4.78 is 23.3. The molecule has 1 aromatic rings. The Labute approximate surface area is 187 Å². The van der Waals surface area contributed by atoms with Crippen molar-refractivity contribution in [1.29, 1.82) is 0 Å². The van der Waals surface area contributed by atoms with Crippen molar-refractivity contribution in [3.05, 3.63) is 35.9 Å². The van der Waals surface area contributed by atoms with Crippen LogP contribution in [0.2, 0.25) is 0 Å². The molecule has 1 aliphatic rings. The lowest BCUT2D eigenvalue weighted by atomic mass is 10.2. The number of amides is 2. The van der Waals surface area contributed by atoms with Crippen LogP contribution in [0.1, 0.15) is 51.5 Å². The van der Waals surface area contributed by atoms with Gasteiger partial charge in [0.15, 0.2) is 0 Å². The topological polar surface area (TPSA) is 142 Å². The molecule has 0 aliphatic carbocycles. The largest absolute Gasteiger partial charge is 0.480 e. The maximum atomic E-state index is 13.0. The Morgan fingerprint density at radius 1 is 1.28 bits per heavy atom. The number of carbonyl (C=O) groups is 3. The molecule has 0 spiro atoms. The lowest BCUT2D eigenvalue weighted by Crippen LogP contribution is -2.45. The number of carbonyl (C=O) groups excluding carboxylic acids is 2. The number of carboxylic acid groups (broad SMARTS) is 1. The van der Waals surface area contributed by atoms with E-state index >= 15 is 0 Å². The van der Waals surface area contributed by atoms with Crippen LogP contribution in [0.4, 0.5) is 4.79 Å². The molecular formula is C21H31N2O8P. The summed E-state index contributed by atoms with van der Waals surface area (Å²) in [6, 6.07) is 7.99. The first-order valence-corrected chi connectivity index (χ1v) is 12.3. The van der Waals surface area contributed by atoms with E-state index in [4.69, 9.17) is 9.26 Å². The fourth-order valence-corrected chi connectivity index (χ4v) is 4.95. The van der Waals surface area contributed by atoms with Gasteiger partial charge in [0.05, 0.1) is 0 Å². The highest BCUT2D eigenvalue weighted by molar-refractivity contribution is 7.53. The summed E-state index contributed by atoms with van der Waals surface area (Å²) in [6.45, 7) is 3.42. The van der Waals surface area contributed by atoms with Gasteiger partial charge in [-0.1, -0.05) is 50.1 Å². The number of nitrogens with one attached hydrogen (secondary N) is 1. The van der Waals surface area contributed by atoms with Gasteiger partial charge in [0.2, 0.25) is 0 Å². The normalized spacial score (nSPS) is 19.6. The smallest absolute Gasteiger partial charge is 0.408 e. The van der Waals surface area contributed by atoms with Crippen molar-refractivity contribution in [2.45, 2.75) is 70.5 Å². The van der Waals surface area contributed by atoms with Gasteiger partial charge in [0.1, 0.15) is 24.5 Å². The zero-order valence-electron chi connectivity index (χ0n) is 18.3. The van der Waals surface area contributed by atoms with Gasteiger partial charge in [-0.3, -0.25) is 13.9 Å². The van der Waals surface area contributed by atoms with Crippen LogP contribution in [-0.2, 0) is 30.0 Å². The average molecular weight is 470 g/mol. The minimum Gasteiger partial charge on any atom is -0.480 e. The van der Waals surface area contributed by atoms with Gasteiger partial charge < -0.3 is 25.0 Å². The van der Waals surface area contributed by atoms with E-state index in [1.165, 1.54) is 6.92 Å². The van der Waals surface area contributed by atoms with Crippen molar-refractivity contribution >= 4 is 25.6 Å². The number of alkyl carbamates (subject to hydrolysis) is 1. The van der Waals surface area contributed by atoms with Gasteiger partial charge in [-0.2, -0.15) is 0 Å². The van der Waals surface area contributed by atoms with E-state index in [-0.39, 0.29) is 19.6 Å². The maximum absolute atomic E-state index is 13.0. The summed E-state index contributed by atoms with van der Waals surface area (Å²) in [7, 11) is -4.48. The molecule has 1 aliphatic heterocycles. The van der Waals surface area contributed by atoms with Crippen LogP contribution in [-0.4, -0.2) is 57.3 Å². The first-order valence-electron chi connectivity index (χ1n) is 10.7. The van der Waals surface area contributed by atoms with E-state index in [0.29, 0.717) is 25.7 Å². The van der Waals surface area contributed by atoms with Gasteiger partial charge in [0, 0.05) is 6.54 Å². The second kappa shape index (κ2) is 12.0. The summed E-state index contributed by atoms with van der Waals surface area (Å²) >= 11 is 0. The van der Waals surface area contributed by atoms with Gasteiger partial charge in [-0.15, -0.1) is 0 Å². The van der Waals surface area contributed by atoms with Gasteiger partial charge in [-0.25, -0.2) is 9.59 Å². The molecule has 1 fully saturated rings. The lowest BCUT2D eigenvalue weighted by Gasteiger charge is -2.29. The fourth-order valence-electron chi connectivity index (χ4n) is 3.48. The summed E-state index contributed by atoms with van der Waals surface area (Å²) in [5, 5.41) is 11.6. The molecule has 0 saturated carbocycles. The second-order valence-electron chi connectivity index (χ2n) is 7.70. The van der Waals surface area contributed by atoms with E-state index in [1.54, 1.807) is 24.3 Å². The van der Waals surface area contributed by atoms with Crippen LogP contribution >= 0.6 is 7.60 Å². The number of hydrogen-bond donors (Lipinski definition) is 3. The zero-order valence-corrected chi connectivity index (χ0v) is 19.2. The quantitative estimate of drug-likeness (QED) is 0.419. The molecule has 3 N–H and O–H groups in total. The minimum atomic E-state index is -4.48. The monoisotopic (exact) mass is 470 g/mol. The first-order chi connectivity index (χ1) is 15.2. The number of aliphatic carboxylic acids is 1. The summed E-state index contributed by atoms with van der Waals surface area (Å²) in [6.07, 6.45) is 0.00729. The number of benzene rings is 1. The van der Waals surface area contributed by atoms with E-state index in [0.717, 1.165) is 10.5 Å². The molecule has 32 heavy (non-hydrogen) atoms. The Hall–Kier alpha value is -2.42. The van der Waals surface area contributed by atoms with E-state index in [9.17, 15) is 28.9 Å². The predicted molar refractivity (Wildman–Crippen MR) is 116 cm³/mol. The number of hydrogen-bond acceptors (Lipinski definition) is 6. The molecule has 178 valence electrons. The van der Waals surface area contributed by atoms with Crippen LogP contribution < -0.4 is 5.32 Å². The van der Waals surface area contributed by atoms with Crippen LogP contribution in [0.25, 0.3) is 0 Å². The number of carboxylic acids is 1. The molecule has 3 unspecified atom stereocenters.